The van der Waals surface area contributed by atoms with Gasteiger partial charge in [-0.2, -0.15) is 0 Å². The van der Waals surface area contributed by atoms with Gasteiger partial charge in [0.25, 0.3) is 5.91 Å². The Morgan fingerprint density at radius 2 is 2.05 bits per heavy atom. The summed E-state index contributed by atoms with van der Waals surface area (Å²) >= 11 is 5.99. The minimum absolute atomic E-state index is 0.0709. The highest BCUT2D eigenvalue weighted by Gasteiger charge is 2.13. The molecule has 0 aliphatic heterocycles. The maximum absolute atomic E-state index is 12.1. The van der Waals surface area contributed by atoms with Gasteiger partial charge in [-0.3, -0.25) is 4.79 Å². The molecule has 2 aromatic carbocycles. The average molecular weight is 320 g/mol. The molecule has 5 heteroatoms. The number of carbonyl (C=O) groups is 1. The Hall–Kier alpha value is -2.04. The second kappa shape index (κ2) is 7.82. The molecular weight excluding hydrogens is 300 g/mol. The number of nitrogens with two attached hydrogens (primary N) is 1. The van der Waals surface area contributed by atoms with Crippen molar-refractivity contribution in [2.45, 2.75) is 13.0 Å². The fraction of sp³-hybridized carbons (Fsp3) is 0.235. The minimum atomic E-state index is -0.0709. The molecule has 0 heterocycles. The van der Waals surface area contributed by atoms with Gasteiger partial charge in [-0.25, -0.2) is 0 Å². The second-order valence-electron chi connectivity index (χ2n) is 5.03. The highest BCUT2D eigenvalue weighted by atomic mass is 35.5. The molecule has 2 aromatic rings. The molecule has 0 saturated carbocycles. The standard InChI is InChI=1S/C17H19ClN2O2/c1-12(13-6-5-7-14(18)10-13)19-11-17(21)20-15-8-3-4-9-16(15)22-2/h3-10,12,19H,11H2,1-2H3,(H,20,21)/p+1/t12-/m1/s1. The van der Waals surface area contributed by atoms with Crippen LogP contribution in [0.2, 0.25) is 5.02 Å². The van der Waals surface area contributed by atoms with Gasteiger partial charge in [0.2, 0.25) is 0 Å². The number of methoxy groups -OCH3 is 1. The van der Waals surface area contributed by atoms with Gasteiger partial charge in [0.15, 0.2) is 6.54 Å². The third-order valence-electron chi connectivity index (χ3n) is 3.41. The normalized spacial score (nSPS) is 11.8. The smallest absolute Gasteiger partial charge is 0.279 e. The van der Waals surface area contributed by atoms with Crippen LogP contribution in [0.1, 0.15) is 18.5 Å². The van der Waals surface area contributed by atoms with E-state index in [-0.39, 0.29) is 11.9 Å². The maximum atomic E-state index is 12.1. The second-order valence-corrected chi connectivity index (χ2v) is 5.47. The van der Waals surface area contributed by atoms with E-state index in [1.165, 1.54) is 0 Å². The highest BCUT2D eigenvalue weighted by Crippen LogP contribution is 2.22. The van der Waals surface area contributed by atoms with Crippen molar-refractivity contribution >= 4 is 23.2 Å². The van der Waals surface area contributed by atoms with Crippen LogP contribution in [0.5, 0.6) is 5.75 Å². The summed E-state index contributed by atoms with van der Waals surface area (Å²) in [4.78, 5) is 12.1. The molecule has 2 rings (SSSR count). The molecule has 3 N–H and O–H groups in total. The molecule has 0 unspecified atom stereocenters. The van der Waals surface area contributed by atoms with Gasteiger partial charge in [0.05, 0.1) is 12.8 Å². The summed E-state index contributed by atoms with van der Waals surface area (Å²) in [6.07, 6.45) is 0. The van der Waals surface area contributed by atoms with Gasteiger partial charge in [-0.1, -0.05) is 35.9 Å². The molecule has 1 atom stereocenters. The van der Waals surface area contributed by atoms with Crippen molar-refractivity contribution < 1.29 is 14.8 Å². The number of rotatable bonds is 6. The number of quaternary nitrogens is 1. The van der Waals surface area contributed by atoms with Crippen LogP contribution < -0.4 is 15.4 Å². The Labute approximate surface area is 135 Å². The molecule has 0 bridgehead atoms. The van der Waals surface area contributed by atoms with Crippen molar-refractivity contribution in [1.29, 1.82) is 0 Å². The Kier molecular flexibility index (Phi) is 5.81. The number of hydrogen-bond donors (Lipinski definition) is 2. The van der Waals surface area contributed by atoms with E-state index >= 15 is 0 Å². The van der Waals surface area contributed by atoms with Crippen molar-refractivity contribution in [2.75, 3.05) is 19.0 Å². The molecule has 0 aliphatic carbocycles. The molecule has 0 radical (unpaired) electrons. The van der Waals surface area contributed by atoms with Crippen LogP contribution in [0.3, 0.4) is 0 Å². The number of halogens is 1. The lowest BCUT2D eigenvalue weighted by Crippen LogP contribution is -2.86. The first-order valence-corrected chi connectivity index (χ1v) is 7.49. The van der Waals surface area contributed by atoms with E-state index in [0.29, 0.717) is 23.0 Å². The lowest BCUT2D eigenvalue weighted by Gasteiger charge is -2.12. The predicted octanol–water partition coefficient (Wildman–Crippen LogP) is 2.61. The first-order chi connectivity index (χ1) is 10.6. The largest absolute Gasteiger partial charge is 0.495 e. The molecule has 0 fully saturated rings. The summed E-state index contributed by atoms with van der Waals surface area (Å²) in [7, 11) is 1.58. The van der Waals surface area contributed by atoms with Crippen molar-refractivity contribution in [2.24, 2.45) is 0 Å². The molecule has 4 nitrogen and oxygen atoms in total. The monoisotopic (exact) mass is 319 g/mol. The minimum Gasteiger partial charge on any atom is -0.495 e. The summed E-state index contributed by atoms with van der Waals surface area (Å²) in [5, 5.41) is 5.53. The first-order valence-electron chi connectivity index (χ1n) is 7.12. The summed E-state index contributed by atoms with van der Waals surface area (Å²) in [5.41, 5.74) is 1.77. The maximum Gasteiger partial charge on any atom is 0.279 e. The van der Waals surface area contributed by atoms with Crippen LogP contribution in [0.4, 0.5) is 5.69 Å². The molecule has 22 heavy (non-hydrogen) atoms. The zero-order valence-electron chi connectivity index (χ0n) is 12.7. The molecule has 1 amide bonds. The van der Waals surface area contributed by atoms with E-state index in [0.717, 1.165) is 5.56 Å². The zero-order chi connectivity index (χ0) is 15.9. The third kappa shape index (κ3) is 4.48. The number of anilines is 1. The lowest BCUT2D eigenvalue weighted by atomic mass is 10.1. The Morgan fingerprint density at radius 1 is 1.27 bits per heavy atom. The summed E-state index contributed by atoms with van der Waals surface area (Å²) in [6.45, 7) is 2.37. The van der Waals surface area contributed by atoms with E-state index < -0.39 is 0 Å². The number of ether oxygens (including phenoxy) is 1. The molecule has 0 saturated heterocycles. The fourth-order valence-electron chi connectivity index (χ4n) is 2.16. The van der Waals surface area contributed by atoms with Crippen molar-refractivity contribution in [3.8, 4) is 5.75 Å². The summed E-state index contributed by atoms with van der Waals surface area (Å²) < 4.78 is 5.21. The molecular formula is C17H20ClN2O2+. The SMILES string of the molecule is COc1ccccc1NC(=O)C[NH2+][C@H](C)c1cccc(Cl)c1. The average Bonchev–Trinajstić information content (AvgIpc) is 2.53. The van der Waals surface area contributed by atoms with Gasteiger partial charge in [-0.05, 0) is 31.2 Å². The number of amides is 1. The van der Waals surface area contributed by atoms with E-state index in [4.69, 9.17) is 16.3 Å². The number of para-hydroxylation sites is 2. The van der Waals surface area contributed by atoms with Crippen molar-refractivity contribution in [3.63, 3.8) is 0 Å². The quantitative estimate of drug-likeness (QED) is 0.860. The van der Waals surface area contributed by atoms with Crippen LogP contribution in [-0.4, -0.2) is 19.6 Å². The molecule has 116 valence electrons. The van der Waals surface area contributed by atoms with Crippen molar-refractivity contribution in [1.82, 2.24) is 0 Å². The van der Waals surface area contributed by atoms with E-state index in [1.54, 1.807) is 7.11 Å². The van der Waals surface area contributed by atoms with Crippen LogP contribution in [0, 0.1) is 0 Å². The fourth-order valence-corrected chi connectivity index (χ4v) is 2.36. The van der Waals surface area contributed by atoms with Crippen LogP contribution in [0.15, 0.2) is 48.5 Å². The predicted molar refractivity (Wildman–Crippen MR) is 88.3 cm³/mol. The van der Waals surface area contributed by atoms with E-state index in [9.17, 15) is 4.79 Å². The Bertz CT molecular complexity index is 646. The summed E-state index contributed by atoms with van der Waals surface area (Å²) in [6, 6.07) is 15.2. The van der Waals surface area contributed by atoms with E-state index in [1.807, 2.05) is 60.8 Å². The highest BCUT2D eigenvalue weighted by molar-refractivity contribution is 6.30. The van der Waals surface area contributed by atoms with Gasteiger partial charge < -0.3 is 15.4 Å². The van der Waals surface area contributed by atoms with Gasteiger partial charge in [0.1, 0.15) is 11.8 Å². The van der Waals surface area contributed by atoms with Gasteiger partial charge in [0, 0.05) is 10.6 Å². The van der Waals surface area contributed by atoms with Crippen LogP contribution in [-0.2, 0) is 4.79 Å². The Morgan fingerprint density at radius 3 is 2.77 bits per heavy atom. The van der Waals surface area contributed by atoms with Gasteiger partial charge in [-0.15, -0.1) is 0 Å². The zero-order valence-corrected chi connectivity index (χ0v) is 13.4. The topological polar surface area (TPSA) is 54.9 Å². The number of nitrogens with one attached hydrogen (secondary N) is 1. The Balaban J connectivity index is 1.90. The third-order valence-corrected chi connectivity index (χ3v) is 3.65. The lowest BCUT2D eigenvalue weighted by molar-refractivity contribution is -0.682. The number of hydrogen-bond acceptors (Lipinski definition) is 2. The molecule has 0 aromatic heterocycles. The summed E-state index contributed by atoms with van der Waals surface area (Å²) in [5.74, 6) is 0.581. The van der Waals surface area contributed by atoms with Crippen molar-refractivity contribution in [3.05, 3.63) is 59.1 Å². The van der Waals surface area contributed by atoms with Crippen LogP contribution >= 0.6 is 11.6 Å². The van der Waals surface area contributed by atoms with E-state index in [2.05, 4.69) is 5.32 Å². The number of carbonyl (C=O) groups excluding carboxylic acids is 1. The number of benzene rings is 2. The molecule has 0 spiro atoms. The first kappa shape index (κ1) is 16.3. The van der Waals surface area contributed by atoms with Crippen LogP contribution in [0.25, 0.3) is 0 Å². The van der Waals surface area contributed by atoms with Gasteiger partial charge >= 0.3 is 0 Å². The molecule has 0 aliphatic rings.